The normalized spacial score (nSPS) is 10.6. The average molecular weight is 647 g/mol. The van der Waals surface area contributed by atoms with Crippen molar-refractivity contribution in [2.24, 2.45) is 0 Å². The fourth-order valence-corrected chi connectivity index (χ4v) is 4.89. The van der Waals surface area contributed by atoms with Gasteiger partial charge in [-0.1, -0.05) is 41.9 Å². The van der Waals surface area contributed by atoms with E-state index in [-0.39, 0.29) is 20.1 Å². The summed E-state index contributed by atoms with van der Waals surface area (Å²) in [6, 6.07) is 38.4. The van der Waals surface area contributed by atoms with Gasteiger partial charge in [-0.25, -0.2) is 8.77 Å². The molecule has 4 aromatic heterocycles. The van der Waals surface area contributed by atoms with Crippen molar-refractivity contribution in [3.05, 3.63) is 122 Å². The van der Waals surface area contributed by atoms with Crippen LogP contribution in [0.4, 0.5) is 0 Å². The zero-order chi connectivity index (χ0) is 22.7. The Morgan fingerprint density at radius 2 is 1.43 bits per heavy atom. The van der Waals surface area contributed by atoms with Crippen molar-refractivity contribution in [3.63, 3.8) is 0 Å². The topological polar surface area (TPSA) is 43.1 Å². The smallest absolute Gasteiger partial charge is 0.156 e. The van der Waals surface area contributed by atoms with E-state index in [1.54, 1.807) is 17.7 Å². The van der Waals surface area contributed by atoms with Gasteiger partial charge in [0.2, 0.25) is 0 Å². The Balaban J connectivity index is 0.000000167. The van der Waals surface area contributed by atoms with Gasteiger partial charge < -0.3 is 9.97 Å². The van der Waals surface area contributed by atoms with Gasteiger partial charge >= 0.3 is 0 Å². The molecular weight excluding hydrogens is 629 g/mol. The van der Waals surface area contributed by atoms with Crippen LogP contribution in [0.15, 0.2) is 109 Å². The summed E-state index contributed by atoms with van der Waals surface area (Å²) in [5.41, 5.74) is 6.96. The summed E-state index contributed by atoms with van der Waals surface area (Å²) in [6.45, 7) is 0. The fraction of sp³-hybridized carbons (Fsp3) is 0. The number of hydrogen-bond acceptors (Lipinski definition) is 4. The summed E-state index contributed by atoms with van der Waals surface area (Å²) in [7, 11) is 0. The second-order valence-electron chi connectivity index (χ2n) is 7.64. The summed E-state index contributed by atoms with van der Waals surface area (Å²) in [5.74, 6) is 0. The van der Waals surface area contributed by atoms with Crippen molar-refractivity contribution in [2.45, 2.75) is 0 Å². The second-order valence-corrected chi connectivity index (χ2v) is 8.63. The zero-order valence-corrected chi connectivity index (χ0v) is 21.6. The first-order valence-corrected chi connectivity index (χ1v) is 11.7. The summed E-state index contributed by atoms with van der Waals surface area (Å²) in [4.78, 5) is 13.5. The molecule has 4 nitrogen and oxygen atoms in total. The average Bonchev–Trinajstić information content (AvgIpc) is 3.46. The third-order valence-corrected chi connectivity index (χ3v) is 6.56. The molecule has 4 heterocycles. The van der Waals surface area contributed by atoms with Gasteiger partial charge in [-0.05, 0) is 29.6 Å². The Kier molecular flexibility index (Phi) is 6.77. The SMILES string of the molecule is [Ir].[c-]1ccccc1-c1cc2c(cn1)nc1c3ccccc3sn21.[c-]1ccccc1-c1ccccn1. The van der Waals surface area contributed by atoms with Gasteiger partial charge in [0, 0.05) is 37.9 Å². The van der Waals surface area contributed by atoms with Crippen LogP contribution in [0.1, 0.15) is 0 Å². The van der Waals surface area contributed by atoms with Crippen LogP contribution >= 0.6 is 11.5 Å². The molecule has 0 bridgehead atoms. The number of hydrogen-bond donors (Lipinski definition) is 0. The molecule has 35 heavy (non-hydrogen) atoms. The van der Waals surface area contributed by atoms with E-state index < -0.39 is 0 Å². The largest absolute Gasteiger partial charge is 0.305 e. The molecule has 0 fully saturated rings. The third-order valence-electron chi connectivity index (χ3n) is 5.45. The number of nitrogens with zero attached hydrogens (tertiary/aromatic N) is 4. The van der Waals surface area contributed by atoms with Crippen molar-refractivity contribution >= 4 is 38.3 Å². The van der Waals surface area contributed by atoms with Crippen LogP contribution < -0.4 is 0 Å². The maximum Gasteiger partial charge on any atom is 0.156 e. The van der Waals surface area contributed by atoms with Gasteiger partial charge in [0.15, 0.2) is 5.65 Å². The molecule has 7 rings (SSSR count). The Morgan fingerprint density at radius 3 is 2.14 bits per heavy atom. The fourth-order valence-electron chi connectivity index (χ4n) is 3.83. The maximum absolute atomic E-state index is 4.74. The van der Waals surface area contributed by atoms with Gasteiger partial charge in [0.25, 0.3) is 0 Å². The summed E-state index contributed by atoms with van der Waals surface area (Å²) in [5, 5.41) is 1.19. The maximum atomic E-state index is 4.74. The third kappa shape index (κ3) is 4.64. The van der Waals surface area contributed by atoms with Crippen LogP contribution in [0.2, 0.25) is 0 Å². The Labute approximate surface area is 220 Å². The molecule has 0 aliphatic heterocycles. The van der Waals surface area contributed by atoms with Gasteiger partial charge in [0.05, 0.1) is 10.2 Å². The number of fused-ring (bicyclic) bond motifs is 5. The van der Waals surface area contributed by atoms with Gasteiger partial charge in [-0.15, -0.1) is 71.8 Å². The van der Waals surface area contributed by atoms with Crippen molar-refractivity contribution in [1.82, 2.24) is 18.7 Å². The molecule has 0 saturated heterocycles. The van der Waals surface area contributed by atoms with E-state index in [1.807, 2.05) is 72.9 Å². The number of pyridine rings is 2. The molecule has 0 N–H and O–H groups in total. The minimum Gasteiger partial charge on any atom is -0.305 e. The van der Waals surface area contributed by atoms with E-state index in [2.05, 4.69) is 56.2 Å². The molecule has 0 amide bonds. The van der Waals surface area contributed by atoms with E-state index in [4.69, 9.17) is 4.98 Å². The molecule has 1 radical (unpaired) electrons. The molecular formula is C29H18IrN4S-2. The molecule has 3 aromatic carbocycles. The van der Waals surface area contributed by atoms with Gasteiger partial charge in [0.1, 0.15) is 5.52 Å². The van der Waals surface area contributed by atoms with E-state index >= 15 is 0 Å². The van der Waals surface area contributed by atoms with E-state index in [9.17, 15) is 0 Å². The first-order chi connectivity index (χ1) is 16.9. The Hall–Kier alpha value is -3.70. The predicted octanol–water partition coefficient (Wildman–Crippen LogP) is 7.11. The summed E-state index contributed by atoms with van der Waals surface area (Å²) >= 11 is 1.72. The minimum atomic E-state index is 0. The standard InChI is InChI=1S/C18H10N3S.C11H8N.Ir/c1-2-6-12(7-3-1)14-10-16-15(11-19-14)20-18-13-8-4-5-9-17(13)22-21(16)18;1-2-6-10(7-3-1)11-8-4-5-9-12-11;/h1-6,8-11H;1-6,8-9H;/q2*-1;. The number of rotatable bonds is 2. The Bertz CT molecular complexity index is 1660. The molecule has 0 spiro atoms. The Morgan fingerprint density at radius 1 is 0.714 bits per heavy atom. The monoisotopic (exact) mass is 647 g/mol. The van der Waals surface area contributed by atoms with E-state index in [0.29, 0.717) is 0 Å². The molecule has 0 aliphatic carbocycles. The molecule has 6 heteroatoms. The van der Waals surface area contributed by atoms with Crippen LogP contribution in [0.5, 0.6) is 0 Å². The molecule has 7 aromatic rings. The number of imidazole rings is 1. The van der Waals surface area contributed by atoms with E-state index in [0.717, 1.165) is 39.2 Å². The van der Waals surface area contributed by atoms with Crippen LogP contribution in [-0.2, 0) is 20.1 Å². The van der Waals surface area contributed by atoms with Crippen LogP contribution in [0, 0.1) is 12.1 Å². The first kappa shape index (κ1) is 23.1. The molecule has 0 unspecified atom stereocenters. The van der Waals surface area contributed by atoms with Crippen molar-refractivity contribution in [3.8, 4) is 22.5 Å². The van der Waals surface area contributed by atoms with Crippen molar-refractivity contribution < 1.29 is 20.1 Å². The number of benzene rings is 3. The number of aromatic nitrogens is 4. The van der Waals surface area contributed by atoms with Crippen LogP contribution in [0.25, 0.3) is 49.3 Å². The quantitative estimate of drug-likeness (QED) is 0.188. The molecule has 0 atom stereocenters. The second kappa shape index (κ2) is 10.3. The molecule has 171 valence electrons. The predicted molar refractivity (Wildman–Crippen MR) is 139 cm³/mol. The van der Waals surface area contributed by atoms with Crippen molar-refractivity contribution in [2.75, 3.05) is 0 Å². The summed E-state index contributed by atoms with van der Waals surface area (Å²) in [6.07, 6.45) is 3.64. The minimum absolute atomic E-state index is 0. The van der Waals surface area contributed by atoms with Gasteiger partial charge in [-0.2, -0.15) is 0 Å². The van der Waals surface area contributed by atoms with Crippen LogP contribution in [-0.4, -0.2) is 18.7 Å². The zero-order valence-electron chi connectivity index (χ0n) is 18.4. The van der Waals surface area contributed by atoms with Gasteiger partial charge in [-0.3, -0.25) is 0 Å². The van der Waals surface area contributed by atoms with E-state index in [1.165, 1.54) is 10.1 Å². The van der Waals surface area contributed by atoms with Crippen molar-refractivity contribution in [1.29, 1.82) is 0 Å². The molecule has 0 saturated carbocycles. The summed E-state index contributed by atoms with van der Waals surface area (Å²) < 4.78 is 3.44. The molecule has 0 aliphatic rings. The van der Waals surface area contributed by atoms with Crippen LogP contribution in [0.3, 0.4) is 0 Å². The first-order valence-electron chi connectivity index (χ1n) is 10.9.